The van der Waals surface area contributed by atoms with Crippen molar-refractivity contribution in [3.05, 3.63) is 60.4 Å². The highest BCUT2D eigenvalue weighted by Crippen LogP contribution is 2.36. The van der Waals surface area contributed by atoms with Gasteiger partial charge in [0.05, 0.1) is 15.7 Å². The molecule has 0 bridgehead atoms. The van der Waals surface area contributed by atoms with Crippen LogP contribution < -0.4 is 16.0 Å². The molecule has 2 aliphatic heterocycles. The van der Waals surface area contributed by atoms with Crippen LogP contribution in [0.4, 0.5) is 0 Å². The van der Waals surface area contributed by atoms with E-state index < -0.39 is 29.4 Å². The second kappa shape index (κ2) is 10.4. The summed E-state index contributed by atoms with van der Waals surface area (Å²) in [6.45, 7) is 4.46. The number of aliphatic hydroxyl groups is 1. The third-order valence-corrected chi connectivity index (χ3v) is 6.45. The van der Waals surface area contributed by atoms with E-state index in [1.54, 1.807) is 12.1 Å². The molecule has 11 nitrogen and oxygen atoms in total. The fraction of sp³-hybridized carbons (Fsp3) is 0.435. The molecule has 36 heavy (non-hydrogen) atoms. The topological polar surface area (TPSA) is 135 Å². The second-order valence-corrected chi connectivity index (χ2v) is 9.49. The number of hydrogen-bond donors (Lipinski definition) is 1. The highest BCUT2D eigenvalue weighted by molar-refractivity contribution is 6.37. The van der Waals surface area contributed by atoms with Crippen molar-refractivity contribution in [3.8, 4) is 17.5 Å². The van der Waals surface area contributed by atoms with Gasteiger partial charge >= 0.3 is 5.69 Å². The third-order valence-electron chi connectivity index (χ3n) is 5.89. The zero-order chi connectivity index (χ0) is 26.1. The van der Waals surface area contributed by atoms with Crippen molar-refractivity contribution in [2.24, 2.45) is 18.1 Å². The smallest absolute Gasteiger partial charge is 0.352 e. The average molecular weight is 535 g/mol. The van der Waals surface area contributed by atoms with Crippen molar-refractivity contribution in [2.45, 2.75) is 45.6 Å². The largest absolute Gasteiger partial charge is 0.434 e. The third kappa shape index (κ3) is 4.90. The maximum absolute atomic E-state index is 12.6. The van der Waals surface area contributed by atoms with Gasteiger partial charge in [0.15, 0.2) is 12.0 Å². The molecule has 0 aliphatic carbocycles. The Morgan fingerprint density at radius 1 is 1.25 bits per heavy atom. The van der Waals surface area contributed by atoms with Crippen LogP contribution in [0.2, 0.25) is 10.0 Å². The van der Waals surface area contributed by atoms with Gasteiger partial charge in [-0.2, -0.15) is 9.94 Å². The molecule has 2 unspecified atom stereocenters. The summed E-state index contributed by atoms with van der Waals surface area (Å²) in [5.74, 6) is 0.212. The van der Waals surface area contributed by atoms with Gasteiger partial charge in [-0.1, -0.05) is 37.0 Å². The zero-order valence-electron chi connectivity index (χ0n) is 19.8. The average Bonchev–Trinajstić information content (AvgIpc) is 2.86. The first-order chi connectivity index (χ1) is 17.1. The van der Waals surface area contributed by atoms with Gasteiger partial charge < -0.3 is 14.6 Å². The van der Waals surface area contributed by atoms with Gasteiger partial charge in [0.25, 0.3) is 5.56 Å². The van der Waals surface area contributed by atoms with Crippen LogP contribution in [0.15, 0.2) is 38.5 Å². The van der Waals surface area contributed by atoms with Crippen LogP contribution in [0.25, 0.3) is 5.69 Å². The molecule has 1 aromatic heterocycles. The predicted molar refractivity (Wildman–Crippen MR) is 132 cm³/mol. The molecule has 3 heterocycles. The lowest BCUT2D eigenvalue weighted by atomic mass is 9.99. The Morgan fingerprint density at radius 2 is 1.94 bits per heavy atom. The highest BCUT2D eigenvalue weighted by atomic mass is 35.5. The lowest BCUT2D eigenvalue weighted by Gasteiger charge is -2.38. The van der Waals surface area contributed by atoms with Gasteiger partial charge in [-0.3, -0.25) is 9.36 Å². The van der Waals surface area contributed by atoms with Crippen molar-refractivity contribution in [1.29, 1.82) is 5.26 Å². The lowest BCUT2D eigenvalue weighted by Crippen LogP contribution is -2.47. The Labute approximate surface area is 216 Å². The minimum absolute atomic E-state index is 0.00878. The second-order valence-electron chi connectivity index (χ2n) is 8.67. The Kier molecular flexibility index (Phi) is 7.51. The molecule has 0 radical (unpaired) electrons. The summed E-state index contributed by atoms with van der Waals surface area (Å²) in [7, 11) is 1.24. The number of nitriles is 1. The SMILES string of the molecule is CC(C)C1=CC(Oc2c(Cl)cc(-n3nc(C#N)c(=O)n(C)c3=O)cc2Cl)=NN(C2CCCCO2)C1O. The highest BCUT2D eigenvalue weighted by Gasteiger charge is 2.33. The van der Waals surface area contributed by atoms with Gasteiger partial charge in [-0.15, -0.1) is 10.2 Å². The van der Waals surface area contributed by atoms with E-state index in [2.05, 4.69) is 10.2 Å². The van der Waals surface area contributed by atoms with E-state index in [-0.39, 0.29) is 33.3 Å². The molecule has 1 N–H and O–H groups in total. The van der Waals surface area contributed by atoms with Crippen LogP contribution in [0.3, 0.4) is 0 Å². The minimum Gasteiger partial charge on any atom is -0.434 e. The molecule has 13 heteroatoms. The van der Waals surface area contributed by atoms with Crippen LogP contribution in [-0.2, 0) is 11.8 Å². The Bertz CT molecular complexity index is 1380. The molecule has 4 rings (SSSR count). The van der Waals surface area contributed by atoms with Gasteiger partial charge in [0, 0.05) is 19.7 Å². The maximum atomic E-state index is 12.6. The van der Waals surface area contributed by atoms with E-state index in [4.69, 9.17) is 32.7 Å². The number of rotatable bonds is 4. The standard InChI is InChI=1S/C23H24Cl2N6O5/c1-12(2)14-10-18(28-31(21(14)32)19-6-4-5-7-35-19)36-20-15(24)8-13(9-16(20)25)30-23(34)29(3)22(33)17(11-26)27-30/h8-10,12,19,21,32H,4-7H2,1-3H3. The Morgan fingerprint density at radius 3 is 2.53 bits per heavy atom. The number of hydrazone groups is 1. The van der Waals surface area contributed by atoms with Crippen molar-refractivity contribution >= 4 is 29.1 Å². The Hall–Kier alpha value is -3.17. The fourth-order valence-corrected chi connectivity index (χ4v) is 4.47. The number of ether oxygens (including phenoxy) is 2. The summed E-state index contributed by atoms with van der Waals surface area (Å²) < 4.78 is 13.4. The van der Waals surface area contributed by atoms with Crippen LogP contribution >= 0.6 is 23.2 Å². The summed E-state index contributed by atoms with van der Waals surface area (Å²) >= 11 is 12.9. The molecule has 2 atom stereocenters. The molecule has 2 aliphatic rings. The molecule has 0 saturated carbocycles. The monoisotopic (exact) mass is 534 g/mol. The van der Waals surface area contributed by atoms with Gasteiger partial charge in [0.2, 0.25) is 11.6 Å². The summed E-state index contributed by atoms with van der Waals surface area (Å²) in [4.78, 5) is 24.6. The summed E-state index contributed by atoms with van der Waals surface area (Å²) in [6, 6.07) is 4.41. The first-order valence-corrected chi connectivity index (χ1v) is 12.0. The number of nitrogens with zero attached hydrogens (tertiary/aromatic N) is 6. The van der Waals surface area contributed by atoms with Gasteiger partial charge in [0.1, 0.15) is 12.3 Å². The van der Waals surface area contributed by atoms with E-state index in [0.717, 1.165) is 22.1 Å². The molecule has 0 spiro atoms. The molecule has 190 valence electrons. The first-order valence-electron chi connectivity index (χ1n) is 11.3. The zero-order valence-corrected chi connectivity index (χ0v) is 21.3. The Balaban J connectivity index is 1.72. The van der Waals surface area contributed by atoms with Crippen LogP contribution in [0.5, 0.6) is 5.75 Å². The quantitative estimate of drug-likeness (QED) is 0.631. The molecule has 1 saturated heterocycles. The van der Waals surface area contributed by atoms with Gasteiger partial charge in [-0.05, 0) is 42.9 Å². The number of hydrogen-bond acceptors (Lipinski definition) is 9. The van der Waals surface area contributed by atoms with Crippen molar-refractivity contribution in [1.82, 2.24) is 19.4 Å². The van der Waals surface area contributed by atoms with Crippen LogP contribution in [0, 0.1) is 17.2 Å². The number of aliphatic hydroxyl groups excluding tert-OH is 1. The van der Waals surface area contributed by atoms with Crippen molar-refractivity contribution in [2.75, 3.05) is 6.61 Å². The lowest BCUT2D eigenvalue weighted by molar-refractivity contribution is -0.140. The normalized spacial score (nSPS) is 20.1. The van der Waals surface area contributed by atoms with Gasteiger partial charge in [-0.25, -0.2) is 9.80 Å². The first kappa shape index (κ1) is 25.9. The molecule has 1 aromatic carbocycles. The van der Waals surface area contributed by atoms with E-state index in [1.807, 2.05) is 13.8 Å². The molecule has 0 amide bonds. The fourth-order valence-electron chi connectivity index (χ4n) is 3.92. The number of aromatic nitrogens is 3. The number of halogens is 2. The van der Waals surface area contributed by atoms with E-state index in [0.29, 0.717) is 18.6 Å². The van der Waals surface area contributed by atoms with Crippen molar-refractivity contribution < 1.29 is 14.6 Å². The molecular weight excluding hydrogens is 511 g/mol. The van der Waals surface area contributed by atoms with E-state index >= 15 is 0 Å². The van der Waals surface area contributed by atoms with Crippen LogP contribution in [-0.4, -0.2) is 49.4 Å². The summed E-state index contributed by atoms with van der Waals surface area (Å²) in [6.07, 6.45) is 2.87. The molecule has 1 fully saturated rings. The molecular formula is C23H24Cl2N6O5. The number of benzene rings is 1. The summed E-state index contributed by atoms with van der Waals surface area (Å²) in [5, 5.41) is 29.9. The predicted octanol–water partition coefficient (Wildman–Crippen LogP) is 2.54. The maximum Gasteiger partial charge on any atom is 0.352 e. The van der Waals surface area contributed by atoms with Crippen molar-refractivity contribution in [3.63, 3.8) is 0 Å². The van der Waals surface area contributed by atoms with Crippen LogP contribution in [0.1, 0.15) is 38.8 Å². The summed E-state index contributed by atoms with van der Waals surface area (Å²) in [5.41, 5.74) is -1.24. The van der Waals surface area contributed by atoms with E-state index in [9.17, 15) is 20.0 Å². The minimum atomic E-state index is -0.967. The molecule has 2 aromatic rings. The van der Waals surface area contributed by atoms with E-state index in [1.165, 1.54) is 24.2 Å².